The van der Waals surface area contributed by atoms with Crippen LogP contribution in [-0.4, -0.2) is 22.5 Å². The van der Waals surface area contributed by atoms with E-state index in [1.165, 1.54) is 0 Å². The molecule has 0 atom stereocenters. The van der Waals surface area contributed by atoms with Gasteiger partial charge in [0.1, 0.15) is 5.69 Å². The Morgan fingerprint density at radius 1 is 1.04 bits per heavy atom. The fourth-order valence-electron chi connectivity index (χ4n) is 3.74. The zero-order valence-electron chi connectivity index (χ0n) is 15.8. The quantitative estimate of drug-likeness (QED) is 0.396. The molecular weight excluding hydrogens is 372 g/mol. The summed E-state index contributed by atoms with van der Waals surface area (Å²) in [6, 6.07) is 15.7. The van der Waals surface area contributed by atoms with E-state index in [9.17, 15) is 4.79 Å². The predicted molar refractivity (Wildman–Crippen MR) is 114 cm³/mol. The SMILES string of the molecule is CCOC(=O)c1[nH]c(-c2cccc3[nH]ccc23)c(CC)c1-c1ccccc1Cl. The first-order valence-electron chi connectivity index (χ1n) is 9.39. The zero-order chi connectivity index (χ0) is 19.7. The van der Waals surface area contributed by atoms with E-state index in [2.05, 4.69) is 23.0 Å². The number of ether oxygens (including phenoxy) is 1. The first-order valence-corrected chi connectivity index (χ1v) is 9.76. The third-order valence-electron chi connectivity index (χ3n) is 4.94. The number of hydrogen-bond donors (Lipinski definition) is 2. The summed E-state index contributed by atoms with van der Waals surface area (Å²) in [6.07, 6.45) is 2.66. The van der Waals surface area contributed by atoms with Gasteiger partial charge in [0.2, 0.25) is 0 Å². The van der Waals surface area contributed by atoms with Crippen LogP contribution in [0.15, 0.2) is 54.7 Å². The summed E-state index contributed by atoms with van der Waals surface area (Å²) in [5.74, 6) is -0.375. The molecule has 0 aliphatic heterocycles. The minimum absolute atomic E-state index is 0.310. The lowest BCUT2D eigenvalue weighted by atomic mass is 9.95. The Bertz CT molecular complexity index is 1160. The van der Waals surface area contributed by atoms with Crippen molar-refractivity contribution >= 4 is 28.5 Å². The van der Waals surface area contributed by atoms with E-state index in [1.807, 2.05) is 48.7 Å². The number of rotatable bonds is 5. The largest absolute Gasteiger partial charge is 0.461 e. The fraction of sp³-hybridized carbons (Fsp3) is 0.174. The summed E-state index contributed by atoms with van der Waals surface area (Å²) in [4.78, 5) is 19.4. The Morgan fingerprint density at radius 3 is 2.57 bits per heavy atom. The van der Waals surface area contributed by atoms with Gasteiger partial charge in [0.25, 0.3) is 0 Å². The maximum Gasteiger partial charge on any atom is 0.355 e. The van der Waals surface area contributed by atoms with Crippen molar-refractivity contribution in [2.75, 3.05) is 6.61 Å². The molecule has 0 fully saturated rings. The second kappa shape index (κ2) is 7.56. The van der Waals surface area contributed by atoms with E-state index in [-0.39, 0.29) is 5.97 Å². The summed E-state index contributed by atoms with van der Waals surface area (Å²) >= 11 is 6.50. The Morgan fingerprint density at radius 2 is 1.82 bits per heavy atom. The lowest BCUT2D eigenvalue weighted by Gasteiger charge is -2.09. The monoisotopic (exact) mass is 392 g/mol. The molecule has 0 saturated heterocycles. The van der Waals surface area contributed by atoms with E-state index in [4.69, 9.17) is 16.3 Å². The molecule has 2 aromatic heterocycles. The number of halogens is 1. The van der Waals surface area contributed by atoms with Gasteiger partial charge in [-0.1, -0.05) is 48.9 Å². The molecule has 2 aromatic carbocycles. The molecule has 0 spiro atoms. The van der Waals surface area contributed by atoms with Crippen LogP contribution in [0.5, 0.6) is 0 Å². The van der Waals surface area contributed by atoms with E-state index in [1.54, 1.807) is 6.92 Å². The first kappa shape index (κ1) is 18.4. The molecular formula is C23H21ClN2O2. The normalized spacial score (nSPS) is 11.1. The highest BCUT2D eigenvalue weighted by Gasteiger charge is 2.26. The Balaban J connectivity index is 2.04. The smallest absolute Gasteiger partial charge is 0.355 e. The van der Waals surface area contributed by atoms with Crippen LogP contribution in [-0.2, 0) is 11.2 Å². The van der Waals surface area contributed by atoms with Crippen molar-refractivity contribution < 1.29 is 9.53 Å². The van der Waals surface area contributed by atoms with Gasteiger partial charge >= 0.3 is 5.97 Å². The summed E-state index contributed by atoms with van der Waals surface area (Å²) in [5.41, 5.74) is 6.14. The predicted octanol–water partition coefficient (Wildman–Crippen LogP) is 6.22. The van der Waals surface area contributed by atoms with Crippen molar-refractivity contribution in [2.45, 2.75) is 20.3 Å². The number of fused-ring (bicyclic) bond motifs is 1. The lowest BCUT2D eigenvalue weighted by molar-refractivity contribution is 0.0521. The highest BCUT2D eigenvalue weighted by Crippen LogP contribution is 2.40. The molecule has 0 bridgehead atoms. The van der Waals surface area contributed by atoms with Crippen molar-refractivity contribution in [2.24, 2.45) is 0 Å². The van der Waals surface area contributed by atoms with Crippen LogP contribution in [0.1, 0.15) is 29.9 Å². The van der Waals surface area contributed by atoms with Gasteiger partial charge in [-0.2, -0.15) is 0 Å². The van der Waals surface area contributed by atoms with Crippen molar-refractivity contribution in [1.82, 2.24) is 9.97 Å². The summed E-state index contributed by atoms with van der Waals surface area (Å²) < 4.78 is 5.33. The molecule has 0 aliphatic rings. The third-order valence-corrected chi connectivity index (χ3v) is 5.27. The van der Waals surface area contributed by atoms with Gasteiger partial charge in [-0.05, 0) is 37.1 Å². The molecule has 0 saturated carbocycles. The third kappa shape index (κ3) is 3.00. The molecule has 5 heteroatoms. The van der Waals surface area contributed by atoms with E-state index < -0.39 is 0 Å². The zero-order valence-corrected chi connectivity index (χ0v) is 16.6. The molecule has 28 heavy (non-hydrogen) atoms. The summed E-state index contributed by atoms with van der Waals surface area (Å²) in [5, 5.41) is 1.70. The Hall–Kier alpha value is -2.98. The average molecular weight is 393 g/mol. The highest BCUT2D eigenvalue weighted by molar-refractivity contribution is 6.33. The standard InChI is InChI=1S/C23H21ClN2O2/c1-3-14-20(17-8-5-6-10-18(17)24)22(23(27)28-4-2)26-21(14)16-9-7-11-19-15(16)12-13-25-19/h5-13,25-26H,3-4H2,1-2H3. The molecule has 0 unspecified atom stereocenters. The number of carbonyl (C=O) groups is 1. The number of benzene rings is 2. The molecule has 4 rings (SSSR count). The van der Waals surface area contributed by atoms with Crippen molar-refractivity contribution in [3.05, 3.63) is 71.0 Å². The molecule has 4 nitrogen and oxygen atoms in total. The van der Waals surface area contributed by atoms with Crippen molar-refractivity contribution in [3.8, 4) is 22.4 Å². The van der Waals surface area contributed by atoms with Crippen molar-refractivity contribution in [3.63, 3.8) is 0 Å². The van der Waals surface area contributed by atoms with E-state index in [0.717, 1.165) is 45.3 Å². The summed E-state index contributed by atoms with van der Waals surface area (Å²) in [7, 11) is 0. The maximum atomic E-state index is 12.8. The average Bonchev–Trinajstić information content (AvgIpc) is 3.33. The molecule has 142 valence electrons. The van der Waals surface area contributed by atoms with Crippen molar-refractivity contribution in [1.29, 1.82) is 0 Å². The van der Waals surface area contributed by atoms with E-state index >= 15 is 0 Å². The molecule has 0 radical (unpaired) electrons. The Kier molecular flexibility index (Phi) is 4.97. The minimum Gasteiger partial charge on any atom is -0.461 e. The maximum absolute atomic E-state index is 12.8. The Labute approximate surface area is 168 Å². The lowest BCUT2D eigenvalue weighted by Crippen LogP contribution is -2.07. The molecule has 2 heterocycles. The number of carbonyl (C=O) groups excluding carboxylic acids is 1. The molecule has 2 N–H and O–H groups in total. The number of H-pyrrole nitrogens is 2. The van der Waals surface area contributed by atoms with Gasteiger partial charge in [0.05, 0.1) is 12.3 Å². The second-order valence-electron chi connectivity index (χ2n) is 6.53. The van der Waals surface area contributed by atoms with Crippen LogP contribution >= 0.6 is 11.6 Å². The first-order chi connectivity index (χ1) is 13.7. The molecule has 0 aliphatic carbocycles. The van der Waals surface area contributed by atoms with Gasteiger partial charge in [0.15, 0.2) is 0 Å². The van der Waals surface area contributed by atoms with E-state index in [0.29, 0.717) is 17.3 Å². The van der Waals surface area contributed by atoms with Crippen LogP contribution < -0.4 is 0 Å². The van der Waals surface area contributed by atoms with Gasteiger partial charge in [-0.3, -0.25) is 0 Å². The van der Waals surface area contributed by atoms with Crippen LogP contribution in [0.2, 0.25) is 5.02 Å². The minimum atomic E-state index is -0.375. The van der Waals surface area contributed by atoms with Crippen LogP contribution in [0.25, 0.3) is 33.3 Å². The fourth-order valence-corrected chi connectivity index (χ4v) is 3.97. The molecule has 4 aromatic rings. The number of nitrogens with one attached hydrogen (secondary N) is 2. The molecule has 0 amide bonds. The number of aromatic nitrogens is 2. The number of aromatic amines is 2. The van der Waals surface area contributed by atoms with Crippen LogP contribution in [0.4, 0.5) is 0 Å². The number of hydrogen-bond acceptors (Lipinski definition) is 2. The number of esters is 1. The summed E-state index contributed by atoms with van der Waals surface area (Å²) in [6.45, 7) is 4.20. The van der Waals surface area contributed by atoms with Gasteiger partial charge in [-0.25, -0.2) is 4.79 Å². The topological polar surface area (TPSA) is 57.9 Å². The van der Waals surface area contributed by atoms with Crippen LogP contribution in [0, 0.1) is 0 Å². The second-order valence-corrected chi connectivity index (χ2v) is 6.93. The highest BCUT2D eigenvalue weighted by atomic mass is 35.5. The van der Waals surface area contributed by atoms with Gasteiger partial charge in [-0.15, -0.1) is 0 Å². The van der Waals surface area contributed by atoms with Gasteiger partial charge < -0.3 is 14.7 Å². The van der Waals surface area contributed by atoms with Gasteiger partial charge in [0, 0.05) is 38.8 Å². The van der Waals surface area contributed by atoms with Crippen LogP contribution in [0.3, 0.4) is 0 Å².